The van der Waals surface area contributed by atoms with Gasteiger partial charge >= 0.3 is 0 Å². The van der Waals surface area contributed by atoms with E-state index >= 15 is 0 Å². The first-order valence-electron chi connectivity index (χ1n) is 12.9. The average Bonchev–Trinajstić information content (AvgIpc) is 3.36. The predicted molar refractivity (Wildman–Crippen MR) is 154 cm³/mol. The van der Waals surface area contributed by atoms with Crippen molar-refractivity contribution >= 4 is 21.5 Å². The van der Waals surface area contributed by atoms with Gasteiger partial charge in [-0.05, 0) is 95.7 Å². The van der Waals surface area contributed by atoms with Gasteiger partial charge in [-0.15, -0.1) is 0 Å². The highest BCUT2D eigenvalue weighted by molar-refractivity contribution is 6.23. The highest BCUT2D eigenvalue weighted by atomic mass is 14.4. The van der Waals surface area contributed by atoms with Crippen molar-refractivity contribution in [1.82, 2.24) is 0 Å². The highest BCUT2D eigenvalue weighted by Gasteiger charge is 2.36. The maximum absolute atomic E-state index is 2.48. The van der Waals surface area contributed by atoms with Crippen LogP contribution in [0.5, 0.6) is 0 Å². The van der Waals surface area contributed by atoms with Gasteiger partial charge in [0.05, 0.1) is 0 Å². The molecule has 0 radical (unpaired) electrons. The molecule has 0 amide bonds. The minimum atomic E-state index is -0.0193. The van der Waals surface area contributed by atoms with E-state index < -0.39 is 0 Å². The molecule has 0 fully saturated rings. The van der Waals surface area contributed by atoms with E-state index in [2.05, 4.69) is 124 Å². The molecule has 0 heterocycles. The van der Waals surface area contributed by atoms with E-state index in [1.165, 1.54) is 82.7 Å². The van der Waals surface area contributed by atoms with E-state index in [4.69, 9.17) is 0 Å². The molecule has 0 saturated carbocycles. The fourth-order valence-corrected chi connectivity index (χ4v) is 7.13. The number of fused-ring (bicyclic) bond motifs is 7. The maximum atomic E-state index is 2.48. The van der Waals surface area contributed by atoms with Crippen molar-refractivity contribution in [2.24, 2.45) is 0 Å². The molecule has 6 aromatic rings. The largest absolute Gasteiger partial charge is 0.0619 e. The third-order valence-electron chi connectivity index (χ3n) is 8.79. The summed E-state index contributed by atoms with van der Waals surface area (Å²) in [6.45, 7) is 7.05. The summed E-state index contributed by atoms with van der Waals surface area (Å²) < 4.78 is 0. The van der Waals surface area contributed by atoms with Crippen LogP contribution in [0.1, 0.15) is 30.5 Å². The Labute approximate surface area is 211 Å². The lowest BCUT2D eigenvalue weighted by Gasteiger charge is -2.23. The van der Waals surface area contributed by atoms with Gasteiger partial charge in [0.15, 0.2) is 0 Å². The van der Waals surface area contributed by atoms with Crippen molar-refractivity contribution in [3.8, 4) is 44.5 Å². The number of hydrogen-bond donors (Lipinski definition) is 0. The zero-order valence-electron chi connectivity index (χ0n) is 20.8. The molecule has 36 heavy (non-hydrogen) atoms. The molecular weight excluding hydrogens is 432 g/mol. The summed E-state index contributed by atoms with van der Waals surface area (Å²) in [6, 6.07) is 38.6. The smallest absolute Gasteiger partial charge is 0.0159 e. The van der Waals surface area contributed by atoms with Crippen molar-refractivity contribution < 1.29 is 0 Å². The molecule has 170 valence electrons. The summed E-state index contributed by atoms with van der Waals surface area (Å²) in [6.07, 6.45) is 0. The van der Waals surface area contributed by atoms with Crippen LogP contribution in [0.4, 0.5) is 0 Å². The molecule has 0 N–H and O–H groups in total. The summed E-state index contributed by atoms with van der Waals surface area (Å²) in [5, 5.41) is 5.40. The van der Waals surface area contributed by atoms with Gasteiger partial charge in [-0.3, -0.25) is 0 Å². The third kappa shape index (κ3) is 2.35. The molecule has 0 atom stereocenters. The van der Waals surface area contributed by atoms with Gasteiger partial charge in [0, 0.05) is 5.41 Å². The summed E-state index contributed by atoms with van der Waals surface area (Å²) >= 11 is 0. The third-order valence-corrected chi connectivity index (χ3v) is 8.79. The molecule has 2 aliphatic rings. The number of hydrogen-bond acceptors (Lipinski definition) is 0. The SMILES string of the molecule is Cc1c2c(c(-c3ccc4c(c3)C(C)(C)c3ccccc3-4)c3ccccc13)-c1cccc3cccc-2c13. The average molecular weight is 459 g/mol. The van der Waals surface area contributed by atoms with E-state index in [9.17, 15) is 0 Å². The van der Waals surface area contributed by atoms with E-state index in [0.717, 1.165) is 0 Å². The predicted octanol–water partition coefficient (Wildman–Crippen LogP) is 9.92. The first-order chi connectivity index (χ1) is 17.6. The fourth-order valence-electron chi connectivity index (χ4n) is 7.13. The van der Waals surface area contributed by atoms with E-state index in [1.807, 2.05) is 0 Å². The van der Waals surface area contributed by atoms with Crippen LogP contribution in [0, 0.1) is 6.92 Å². The molecule has 6 aromatic carbocycles. The van der Waals surface area contributed by atoms with Gasteiger partial charge in [-0.2, -0.15) is 0 Å². The van der Waals surface area contributed by atoms with Crippen molar-refractivity contribution in [3.05, 3.63) is 120 Å². The van der Waals surface area contributed by atoms with Crippen molar-refractivity contribution in [3.63, 3.8) is 0 Å². The molecule has 0 aliphatic heterocycles. The Hall–Kier alpha value is -4.16. The molecule has 0 heteroatoms. The van der Waals surface area contributed by atoms with Crippen LogP contribution in [0.2, 0.25) is 0 Å². The summed E-state index contributed by atoms with van der Waals surface area (Å²) in [5.41, 5.74) is 15.2. The van der Waals surface area contributed by atoms with E-state index in [1.54, 1.807) is 0 Å². The number of benzene rings is 6. The van der Waals surface area contributed by atoms with E-state index in [0.29, 0.717) is 0 Å². The zero-order chi connectivity index (χ0) is 24.2. The molecular formula is C36H26. The molecule has 2 aliphatic carbocycles. The van der Waals surface area contributed by atoms with Gasteiger partial charge in [-0.25, -0.2) is 0 Å². The summed E-state index contributed by atoms with van der Waals surface area (Å²) in [5.74, 6) is 0. The second-order valence-electron chi connectivity index (χ2n) is 10.9. The Bertz CT molecular complexity index is 1910. The standard InChI is InChI=1S/C36H26/c1-21-24-12-4-5-14-27(24)34(35-29-16-9-11-22-10-8-15-28(32(21)35)33(22)29)23-18-19-26-25-13-6-7-17-30(25)36(2,3)31(26)20-23/h4-20H,1-3H3. The van der Waals surface area contributed by atoms with Gasteiger partial charge < -0.3 is 0 Å². The Kier molecular flexibility index (Phi) is 3.76. The van der Waals surface area contributed by atoms with Crippen LogP contribution < -0.4 is 0 Å². The molecule has 0 spiro atoms. The fraction of sp³-hybridized carbons (Fsp3) is 0.111. The van der Waals surface area contributed by atoms with Crippen molar-refractivity contribution in [2.45, 2.75) is 26.2 Å². The molecule has 8 rings (SSSR count). The Balaban J connectivity index is 1.51. The second-order valence-corrected chi connectivity index (χ2v) is 10.9. The quantitative estimate of drug-likeness (QED) is 0.230. The lowest BCUT2D eigenvalue weighted by atomic mass is 9.80. The summed E-state index contributed by atoms with van der Waals surface area (Å²) in [4.78, 5) is 0. The minimum Gasteiger partial charge on any atom is -0.0619 e. The van der Waals surface area contributed by atoms with Crippen molar-refractivity contribution in [2.75, 3.05) is 0 Å². The Morgan fingerprint density at radius 1 is 0.500 bits per heavy atom. The van der Waals surface area contributed by atoms with Crippen LogP contribution in [0.3, 0.4) is 0 Å². The molecule has 0 bridgehead atoms. The zero-order valence-corrected chi connectivity index (χ0v) is 20.8. The van der Waals surface area contributed by atoms with Crippen LogP contribution in [0.25, 0.3) is 66.1 Å². The maximum Gasteiger partial charge on any atom is 0.0159 e. The normalized spacial score (nSPS) is 14.2. The Morgan fingerprint density at radius 3 is 1.94 bits per heavy atom. The molecule has 0 unspecified atom stereocenters. The minimum absolute atomic E-state index is 0.0193. The van der Waals surface area contributed by atoms with Gasteiger partial charge in [0.25, 0.3) is 0 Å². The lowest BCUT2D eigenvalue weighted by molar-refractivity contribution is 0.660. The van der Waals surface area contributed by atoms with Gasteiger partial charge in [0.1, 0.15) is 0 Å². The summed E-state index contributed by atoms with van der Waals surface area (Å²) in [7, 11) is 0. The first kappa shape index (κ1) is 20.1. The van der Waals surface area contributed by atoms with Crippen molar-refractivity contribution in [1.29, 1.82) is 0 Å². The van der Waals surface area contributed by atoms with Gasteiger partial charge in [0.2, 0.25) is 0 Å². The first-order valence-corrected chi connectivity index (χ1v) is 12.9. The lowest BCUT2D eigenvalue weighted by Crippen LogP contribution is -2.14. The van der Waals surface area contributed by atoms with E-state index in [-0.39, 0.29) is 5.41 Å². The molecule has 0 nitrogen and oxygen atoms in total. The van der Waals surface area contributed by atoms with Crippen LogP contribution >= 0.6 is 0 Å². The number of rotatable bonds is 1. The van der Waals surface area contributed by atoms with Crippen LogP contribution in [-0.4, -0.2) is 0 Å². The second kappa shape index (κ2) is 6.74. The molecule has 0 saturated heterocycles. The van der Waals surface area contributed by atoms with Crippen LogP contribution in [-0.2, 0) is 5.41 Å². The monoisotopic (exact) mass is 458 g/mol. The number of aryl methyl sites for hydroxylation is 1. The highest BCUT2D eigenvalue weighted by Crippen LogP contribution is 2.56. The van der Waals surface area contributed by atoms with Gasteiger partial charge in [-0.1, -0.05) is 111 Å². The molecule has 0 aromatic heterocycles. The topological polar surface area (TPSA) is 0 Å². The Morgan fingerprint density at radius 2 is 1.14 bits per heavy atom. The van der Waals surface area contributed by atoms with Crippen LogP contribution in [0.15, 0.2) is 103 Å².